The molecule has 1 aliphatic heterocycles. The number of carbonyl (C=O) groups excluding carboxylic acids is 1. The lowest BCUT2D eigenvalue weighted by molar-refractivity contribution is -0.136. The second kappa shape index (κ2) is 7.80. The van der Waals surface area contributed by atoms with Crippen LogP contribution in [-0.4, -0.2) is 42.4 Å². The smallest absolute Gasteiger partial charge is 0.226 e. The topological polar surface area (TPSA) is 47.3 Å². The molecule has 1 fully saturated rings. The van der Waals surface area contributed by atoms with Gasteiger partial charge in [-0.25, -0.2) is 0 Å². The van der Waals surface area contributed by atoms with Crippen LogP contribution >= 0.6 is 0 Å². The van der Waals surface area contributed by atoms with E-state index in [1.807, 2.05) is 6.07 Å². The number of rotatable bonds is 5. The summed E-state index contributed by atoms with van der Waals surface area (Å²) < 4.78 is 0. The molecule has 0 saturated carbocycles. The Kier molecular flexibility index (Phi) is 5.77. The molecule has 4 heteroatoms. The van der Waals surface area contributed by atoms with Crippen LogP contribution in [0.3, 0.4) is 0 Å². The summed E-state index contributed by atoms with van der Waals surface area (Å²) in [6.07, 6.45) is 2.43. The summed E-state index contributed by atoms with van der Waals surface area (Å²) in [4.78, 5) is 16.5. The molecule has 1 amide bonds. The van der Waals surface area contributed by atoms with Crippen molar-refractivity contribution in [1.29, 1.82) is 5.26 Å². The highest BCUT2D eigenvalue weighted by atomic mass is 16.2. The van der Waals surface area contributed by atoms with Crippen molar-refractivity contribution in [2.24, 2.45) is 5.92 Å². The van der Waals surface area contributed by atoms with E-state index in [9.17, 15) is 4.79 Å². The van der Waals surface area contributed by atoms with Crippen molar-refractivity contribution in [3.8, 4) is 6.07 Å². The standard InChI is InChI=1S/C17H23N3O/c1-19(11-6-10-18)17(21)16-9-5-12-20(14-16)13-15-7-3-2-4-8-15/h2-4,7-8,16H,5-6,9,11-14H2,1H3. The highest BCUT2D eigenvalue weighted by molar-refractivity contribution is 5.78. The zero-order valence-electron chi connectivity index (χ0n) is 12.7. The first-order chi connectivity index (χ1) is 10.2. The maximum absolute atomic E-state index is 12.4. The largest absolute Gasteiger partial charge is 0.344 e. The number of hydrogen-bond donors (Lipinski definition) is 0. The van der Waals surface area contributed by atoms with Crippen LogP contribution in [0.15, 0.2) is 30.3 Å². The van der Waals surface area contributed by atoms with Gasteiger partial charge in [-0.05, 0) is 24.9 Å². The van der Waals surface area contributed by atoms with E-state index >= 15 is 0 Å². The molecule has 4 nitrogen and oxygen atoms in total. The summed E-state index contributed by atoms with van der Waals surface area (Å²) in [6.45, 7) is 3.32. The number of nitrogens with zero attached hydrogens (tertiary/aromatic N) is 3. The van der Waals surface area contributed by atoms with E-state index in [1.165, 1.54) is 5.56 Å². The highest BCUT2D eigenvalue weighted by Gasteiger charge is 2.27. The number of hydrogen-bond acceptors (Lipinski definition) is 3. The number of amides is 1. The maximum atomic E-state index is 12.4. The Morgan fingerprint density at radius 2 is 2.19 bits per heavy atom. The first kappa shape index (κ1) is 15.5. The van der Waals surface area contributed by atoms with Gasteiger partial charge in [0.25, 0.3) is 0 Å². The highest BCUT2D eigenvalue weighted by Crippen LogP contribution is 2.20. The second-order valence-electron chi connectivity index (χ2n) is 5.73. The third-order valence-corrected chi connectivity index (χ3v) is 4.04. The molecular weight excluding hydrogens is 262 g/mol. The van der Waals surface area contributed by atoms with Crippen molar-refractivity contribution in [2.45, 2.75) is 25.8 Å². The number of carbonyl (C=O) groups is 1. The van der Waals surface area contributed by atoms with Gasteiger partial charge in [0.1, 0.15) is 0 Å². The van der Waals surface area contributed by atoms with Gasteiger partial charge in [0, 0.05) is 26.7 Å². The van der Waals surface area contributed by atoms with Crippen LogP contribution < -0.4 is 0 Å². The average molecular weight is 285 g/mol. The molecular formula is C17H23N3O. The van der Waals surface area contributed by atoms with Crippen LogP contribution in [-0.2, 0) is 11.3 Å². The van der Waals surface area contributed by atoms with Crippen molar-refractivity contribution < 1.29 is 4.79 Å². The van der Waals surface area contributed by atoms with E-state index in [-0.39, 0.29) is 11.8 Å². The number of nitriles is 1. The summed E-state index contributed by atoms with van der Waals surface area (Å²) in [5, 5.41) is 8.62. The molecule has 1 aromatic rings. The summed E-state index contributed by atoms with van der Waals surface area (Å²) in [5.74, 6) is 0.258. The van der Waals surface area contributed by atoms with E-state index in [2.05, 4.69) is 35.2 Å². The monoisotopic (exact) mass is 285 g/mol. The van der Waals surface area contributed by atoms with Crippen molar-refractivity contribution in [3.63, 3.8) is 0 Å². The number of benzene rings is 1. The lowest BCUT2D eigenvalue weighted by Crippen LogP contribution is -2.43. The molecule has 2 rings (SSSR count). The van der Waals surface area contributed by atoms with Gasteiger partial charge in [-0.3, -0.25) is 9.69 Å². The van der Waals surface area contributed by atoms with Gasteiger partial charge >= 0.3 is 0 Å². The van der Waals surface area contributed by atoms with E-state index in [0.29, 0.717) is 13.0 Å². The molecule has 0 aliphatic carbocycles. The number of piperidine rings is 1. The molecule has 0 spiro atoms. The minimum absolute atomic E-state index is 0.0751. The molecule has 21 heavy (non-hydrogen) atoms. The SMILES string of the molecule is CN(CCC#N)C(=O)C1CCCN(Cc2ccccc2)C1. The van der Waals surface area contributed by atoms with Gasteiger partial charge in [-0.1, -0.05) is 30.3 Å². The third kappa shape index (κ3) is 4.57. The Labute approximate surface area is 127 Å². The van der Waals surface area contributed by atoms with Crippen LogP contribution in [0.25, 0.3) is 0 Å². The van der Waals surface area contributed by atoms with Crippen LogP contribution in [0.4, 0.5) is 0 Å². The van der Waals surface area contributed by atoms with Crippen LogP contribution in [0.1, 0.15) is 24.8 Å². The fraction of sp³-hybridized carbons (Fsp3) is 0.529. The first-order valence-corrected chi connectivity index (χ1v) is 7.59. The predicted octanol–water partition coefficient (Wildman–Crippen LogP) is 2.27. The molecule has 0 radical (unpaired) electrons. The molecule has 1 saturated heterocycles. The number of likely N-dealkylation sites (tertiary alicyclic amines) is 1. The van der Waals surface area contributed by atoms with Crippen molar-refractivity contribution in [1.82, 2.24) is 9.80 Å². The molecule has 1 aromatic carbocycles. The van der Waals surface area contributed by atoms with Gasteiger partial charge in [0.15, 0.2) is 0 Å². The summed E-state index contributed by atoms with van der Waals surface area (Å²) in [6, 6.07) is 12.5. The minimum Gasteiger partial charge on any atom is -0.344 e. The lowest BCUT2D eigenvalue weighted by Gasteiger charge is -2.33. The van der Waals surface area contributed by atoms with Crippen LogP contribution in [0, 0.1) is 17.2 Å². The Morgan fingerprint density at radius 1 is 1.43 bits per heavy atom. The van der Waals surface area contributed by atoms with E-state index in [0.717, 1.165) is 32.5 Å². The fourth-order valence-corrected chi connectivity index (χ4v) is 2.88. The second-order valence-corrected chi connectivity index (χ2v) is 5.73. The first-order valence-electron chi connectivity index (χ1n) is 7.59. The average Bonchev–Trinajstić information content (AvgIpc) is 2.53. The van der Waals surface area contributed by atoms with Crippen molar-refractivity contribution in [2.75, 3.05) is 26.7 Å². The molecule has 1 heterocycles. The van der Waals surface area contributed by atoms with Gasteiger partial charge in [-0.15, -0.1) is 0 Å². The molecule has 112 valence electrons. The van der Waals surface area contributed by atoms with Crippen molar-refractivity contribution >= 4 is 5.91 Å². The normalized spacial score (nSPS) is 19.0. The minimum atomic E-state index is 0.0751. The maximum Gasteiger partial charge on any atom is 0.226 e. The summed E-state index contributed by atoms with van der Waals surface area (Å²) in [7, 11) is 1.80. The van der Waals surface area contributed by atoms with Crippen LogP contribution in [0.5, 0.6) is 0 Å². The zero-order valence-corrected chi connectivity index (χ0v) is 12.7. The fourth-order valence-electron chi connectivity index (χ4n) is 2.88. The van der Waals surface area contributed by atoms with Gasteiger partial charge < -0.3 is 4.90 Å². The molecule has 1 unspecified atom stereocenters. The Bertz CT molecular complexity index is 495. The Morgan fingerprint density at radius 3 is 2.90 bits per heavy atom. The summed E-state index contributed by atoms with van der Waals surface area (Å²) in [5.41, 5.74) is 1.29. The van der Waals surface area contributed by atoms with E-state index in [1.54, 1.807) is 11.9 Å². The molecule has 1 atom stereocenters. The van der Waals surface area contributed by atoms with E-state index in [4.69, 9.17) is 5.26 Å². The van der Waals surface area contributed by atoms with Gasteiger partial charge in [0.05, 0.1) is 18.4 Å². The zero-order chi connectivity index (χ0) is 15.1. The third-order valence-electron chi connectivity index (χ3n) is 4.04. The summed E-state index contributed by atoms with van der Waals surface area (Å²) >= 11 is 0. The van der Waals surface area contributed by atoms with Gasteiger partial charge in [-0.2, -0.15) is 5.26 Å². The van der Waals surface area contributed by atoms with Crippen LogP contribution in [0.2, 0.25) is 0 Å². The molecule has 0 bridgehead atoms. The van der Waals surface area contributed by atoms with E-state index < -0.39 is 0 Å². The van der Waals surface area contributed by atoms with Gasteiger partial charge in [0.2, 0.25) is 5.91 Å². The Balaban J connectivity index is 1.88. The lowest BCUT2D eigenvalue weighted by atomic mass is 9.96. The predicted molar refractivity (Wildman–Crippen MR) is 82.3 cm³/mol. The quantitative estimate of drug-likeness (QED) is 0.834. The molecule has 0 N–H and O–H groups in total. The molecule has 0 aromatic heterocycles. The molecule has 1 aliphatic rings. The van der Waals surface area contributed by atoms with Crippen molar-refractivity contribution in [3.05, 3.63) is 35.9 Å². The Hall–Kier alpha value is -1.86.